The van der Waals surface area contributed by atoms with Crippen LogP contribution in [-0.4, -0.2) is 48.4 Å². The van der Waals surface area contributed by atoms with Crippen LogP contribution in [0.5, 0.6) is 0 Å². The second-order valence-corrected chi connectivity index (χ2v) is 6.46. The molecule has 0 radical (unpaired) electrons. The van der Waals surface area contributed by atoms with Crippen molar-refractivity contribution in [2.75, 3.05) is 31.1 Å². The third-order valence-corrected chi connectivity index (χ3v) is 3.99. The summed E-state index contributed by atoms with van der Waals surface area (Å²) in [5.41, 5.74) is 0.622. The lowest BCUT2D eigenvalue weighted by Gasteiger charge is -2.37. The number of nitrogens with zero attached hydrogens (tertiary/aromatic N) is 2. The van der Waals surface area contributed by atoms with Crippen molar-refractivity contribution in [1.29, 1.82) is 0 Å². The van der Waals surface area contributed by atoms with Gasteiger partial charge in [0.15, 0.2) is 0 Å². The maximum absolute atomic E-state index is 12.5. The van der Waals surface area contributed by atoms with Gasteiger partial charge in [-0.25, -0.2) is 0 Å². The molecule has 0 spiro atoms. The minimum atomic E-state index is -0.571. The average molecular weight is 315 g/mol. The molecule has 1 aliphatic heterocycles. The van der Waals surface area contributed by atoms with Crippen LogP contribution in [0.4, 0.5) is 5.69 Å². The fourth-order valence-corrected chi connectivity index (χ4v) is 2.77. The Bertz CT molecular complexity index is 561. The summed E-state index contributed by atoms with van der Waals surface area (Å²) in [5, 5.41) is 2.80. The van der Waals surface area contributed by atoms with Crippen molar-refractivity contribution in [3.8, 4) is 0 Å². The van der Waals surface area contributed by atoms with Crippen molar-refractivity contribution >= 4 is 17.5 Å². The Morgan fingerprint density at radius 3 is 2.35 bits per heavy atom. The Hall–Kier alpha value is -2.30. The van der Waals surface area contributed by atoms with Crippen LogP contribution in [0.2, 0.25) is 0 Å². The molecule has 0 aliphatic carbocycles. The number of para-hydroxylation sites is 1. The summed E-state index contributed by atoms with van der Waals surface area (Å²) in [6.45, 7) is 10.2. The Balaban J connectivity index is 1.86. The quantitative estimate of drug-likeness (QED) is 0.843. The molecule has 1 heterocycles. The van der Waals surface area contributed by atoms with Gasteiger partial charge in [-0.3, -0.25) is 9.59 Å². The van der Waals surface area contributed by atoms with E-state index in [4.69, 9.17) is 0 Å². The maximum atomic E-state index is 12.5. The summed E-state index contributed by atoms with van der Waals surface area (Å²) in [4.78, 5) is 28.0. The molecule has 1 fully saturated rings. The van der Waals surface area contributed by atoms with Crippen molar-refractivity contribution in [3.05, 3.63) is 43.0 Å². The zero-order valence-electron chi connectivity index (χ0n) is 13.9. The monoisotopic (exact) mass is 315 g/mol. The molecule has 0 unspecified atom stereocenters. The van der Waals surface area contributed by atoms with Crippen LogP contribution in [0, 0.1) is 0 Å². The molecule has 5 heteroatoms. The molecule has 2 amide bonds. The molecule has 0 bridgehead atoms. The first-order valence-corrected chi connectivity index (χ1v) is 7.94. The molecule has 1 N–H and O–H groups in total. The van der Waals surface area contributed by atoms with E-state index in [0.29, 0.717) is 13.1 Å². The summed E-state index contributed by atoms with van der Waals surface area (Å²) in [6.07, 6.45) is 1.52. The number of anilines is 1. The highest BCUT2D eigenvalue weighted by molar-refractivity contribution is 5.88. The second kappa shape index (κ2) is 7.31. The number of hydrogen-bond acceptors (Lipinski definition) is 3. The van der Waals surface area contributed by atoms with E-state index in [2.05, 4.69) is 28.9 Å². The molecule has 1 aromatic rings. The average Bonchev–Trinajstić information content (AvgIpc) is 2.54. The van der Waals surface area contributed by atoms with Gasteiger partial charge in [-0.05, 0) is 32.1 Å². The SMILES string of the molecule is C=CC(=O)NC(C)(C)CC(=O)N1CCN(c2ccccc2)CC1. The molecule has 124 valence electrons. The normalized spacial score (nSPS) is 15.2. The lowest BCUT2D eigenvalue weighted by molar-refractivity contribution is -0.133. The number of nitrogens with one attached hydrogen (secondary N) is 1. The van der Waals surface area contributed by atoms with E-state index in [1.54, 1.807) is 0 Å². The fourth-order valence-electron chi connectivity index (χ4n) is 2.77. The first kappa shape index (κ1) is 17.1. The van der Waals surface area contributed by atoms with E-state index >= 15 is 0 Å². The largest absolute Gasteiger partial charge is 0.368 e. The van der Waals surface area contributed by atoms with Crippen LogP contribution in [0.3, 0.4) is 0 Å². The number of piperazine rings is 1. The summed E-state index contributed by atoms with van der Waals surface area (Å²) >= 11 is 0. The number of hydrogen-bond donors (Lipinski definition) is 1. The highest BCUT2D eigenvalue weighted by Crippen LogP contribution is 2.17. The zero-order valence-corrected chi connectivity index (χ0v) is 13.9. The third-order valence-electron chi connectivity index (χ3n) is 3.99. The third kappa shape index (κ3) is 4.84. The number of rotatable bonds is 5. The van der Waals surface area contributed by atoms with Crippen LogP contribution in [-0.2, 0) is 9.59 Å². The predicted octanol–water partition coefficient (Wildman–Crippen LogP) is 1.81. The number of amides is 2. The molecule has 5 nitrogen and oxygen atoms in total. The standard InChI is InChI=1S/C18H25N3O2/c1-4-16(22)19-18(2,3)14-17(23)21-12-10-20(11-13-21)15-8-6-5-7-9-15/h4-9H,1,10-14H2,2-3H3,(H,19,22). The van der Waals surface area contributed by atoms with Crippen LogP contribution in [0.1, 0.15) is 20.3 Å². The molecule has 0 aromatic heterocycles. The summed E-state index contributed by atoms with van der Waals surface area (Å²) in [7, 11) is 0. The van der Waals surface area contributed by atoms with Gasteiger partial charge in [0, 0.05) is 43.8 Å². The van der Waals surface area contributed by atoms with E-state index < -0.39 is 5.54 Å². The number of carbonyl (C=O) groups is 2. The zero-order chi connectivity index (χ0) is 16.9. The fraction of sp³-hybridized carbons (Fsp3) is 0.444. The van der Waals surface area contributed by atoms with Crippen LogP contribution in [0.15, 0.2) is 43.0 Å². The molecule has 1 aliphatic rings. The number of benzene rings is 1. The van der Waals surface area contributed by atoms with Gasteiger partial charge in [0.1, 0.15) is 0 Å². The predicted molar refractivity (Wildman–Crippen MR) is 92.3 cm³/mol. The van der Waals surface area contributed by atoms with E-state index in [1.807, 2.05) is 36.9 Å². The Kier molecular flexibility index (Phi) is 5.42. The van der Waals surface area contributed by atoms with Gasteiger partial charge >= 0.3 is 0 Å². The Morgan fingerprint density at radius 1 is 1.17 bits per heavy atom. The molecule has 23 heavy (non-hydrogen) atoms. The number of carbonyl (C=O) groups excluding carboxylic acids is 2. The molecule has 1 aromatic carbocycles. The van der Waals surface area contributed by atoms with Gasteiger partial charge in [-0.1, -0.05) is 24.8 Å². The van der Waals surface area contributed by atoms with Crippen LogP contribution >= 0.6 is 0 Å². The van der Waals surface area contributed by atoms with Gasteiger partial charge < -0.3 is 15.1 Å². The molecule has 0 atom stereocenters. The van der Waals surface area contributed by atoms with E-state index in [0.717, 1.165) is 13.1 Å². The molecule has 1 saturated heterocycles. The van der Waals surface area contributed by atoms with Gasteiger partial charge in [0.05, 0.1) is 0 Å². The smallest absolute Gasteiger partial charge is 0.243 e. The van der Waals surface area contributed by atoms with E-state index in [9.17, 15) is 9.59 Å². The highest BCUT2D eigenvalue weighted by atomic mass is 16.2. The minimum absolute atomic E-state index is 0.0760. The summed E-state index contributed by atoms with van der Waals surface area (Å²) in [6, 6.07) is 10.2. The van der Waals surface area contributed by atoms with E-state index in [-0.39, 0.29) is 18.2 Å². The lowest BCUT2D eigenvalue weighted by atomic mass is 9.99. The van der Waals surface area contributed by atoms with Gasteiger partial charge in [-0.15, -0.1) is 0 Å². The summed E-state index contributed by atoms with van der Waals surface area (Å²) in [5.74, 6) is -0.177. The summed E-state index contributed by atoms with van der Waals surface area (Å²) < 4.78 is 0. The van der Waals surface area contributed by atoms with Crippen molar-refractivity contribution in [2.45, 2.75) is 25.8 Å². The lowest BCUT2D eigenvalue weighted by Crippen LogP contribution is -2.52. The molecule has 2 rings (SSSR count). The van der Waals surface area contributed by atoms with Crippen LogP contribution < -0.4 is 10.2 Å². The Morgan fingerprint density at radius 2 is 1.78 bits per heavy atom. The van der Waals surface area contributed by atoms with Crippen molar-refractivity contribution in [2.24, 2.45) is 0 Å². The molecular weight excluding hydrogens is 290 g/mol. The maximum Gasteiger partial charge on any atom is 0.243 e. The highest BCUT2D eigenvalue weighted by Gasteiger charge is 2.28. The first-order valence-electron chi connectivity index (χ1n) is 7.94. The molecule has 0 saturated carbocycles. The topological polar surface area (TPSA) is 52.7 Å². The Labute approximate surface area is 138 Å². The first-order chi connectivity index (χ1) is 10.9. The molecular formula is C18H25N3O2. The van der Waals surface area contributed by atoms with Crippen molar-refractivity contribution < 1.29 is 9.59 Å². The van der Waals surface area contributed by atoms with Crippen molar-refractivity contribution in [1.82, 2.24) is 10.2 Å². The second-order valence-electron chi connectivity index (χ2n) is 6.46. The van der Waals surface area contributed by atoms with Crippen LogP contribution in [0.25, 0.3) is 0 Å². The van der Waals surface area contributed by atoms with Gasteiger partial charge in [0.25, 0.3) is 0 Å². The van der Waals surface area contributed by atoms with Crippen molar-refractivity contribution in [3.63, 3.8) is 0 Å². The van der Waals surface area contributed by atoms with Gasteiger partial charge in [0.2, 0.25) is 11.8 Å². The minimum Gasteiger partial charge on any atom is -0.368 e. The van der Waals surface area contributed by atoms with E-state index in [1.165, 1.54) is 11.8 Å². The van der Waals surface area contributed by atoms with Gasteiger partial charge in [-0.2, -0.15) is 0 Å².